The van der Waals surface area contributed by atoms with Crippen molar-refractivity contribution in [2.45, 2.75) is 36.6 Å². The molecule has 1 aromatic rings. The minimum Gasteiger partial charge on any atom is -0.481 e. The van der Waals surface area contributed by atoms with Crippen molar-refractivity contribution >= 4 is 23.6 Å². The molecule has 1 saturated carbocycles. The van der Waals surface area contributed by atoms with Crippen molar-refractivity contribution in [1.82, 2.24) is 4.90 Å². The predicted octanol–water partition coefficient (Wildman–Crippen LogP) is 2.63. The smallest absolute Gasteiger partial charge is 0.305 e. The molecule has 108 valence electrons. The molecule has 0 unspecified atom stereocenters. The lowest BCUT2D eigenvalue weighted by Gasteiger charge is -2.21. The maximum atomic E-state index is 12.1. The first-order valence-corrected chi connectivity index (χ1v) is 7.84. The predicted molar refractivity (Wildman–Crippen MR) is 78.8 cm³/mol. The van der Waals surface area contributed by atoms with Crippen LogP contribution in [0.3, 0.4) is 0 Å². The molecule has 1 aliphatic carbocycles. The van der Waals surface area contributed by atoms with Crippen molar-refractivity contribution in [3.8, 4) is 0 Å². The molecule has 0 aromatic heterocycles. The van der Waals surface area contributed by atoms with Crippen molar-refractivity contribution in [1.29, 1.82) is 0 Å². The lowest BCUT2D eigenvalue weighted by molar-refractivity contribution is -0.138. The molecular weight excluding hydrogens is 274 g/mol. The van der Waals surface area contributed by atoms with Gasteiger partial charge in [-0.1, -0.05) is 18.2 Å². The van der Waals surface area contributed by atoms with Gasteiger partial charge in [-0.3, -0.25) is 9.59 Å². The molecule has 0 bridgehead atoms. The Morgan fingerprint density at radius 1 is 1.20 bits per heavy atom. The zero-order valence-corrected chi connectivity index (χ0v) is 12.1. The van der Waals surface area contributed by atoms with E-state index in [0.29, 0.717) is 13.0 Å². The van der Waals surface area contributed by atoms with E-state index in [-0.39, 0.29) is 18.4 Å². The Morgan fingerprint density at radius 2 is 1.90 bits per heavy atom. The highest BCUT2D eigenvalue weighted by Gasteiger charge is 2.32. The third-order valence-electron chi connectivity index (χ3n) is 3.20. The Hall–Kier alpha value is -1.49. The molecule has 2 rings (SSSR count). The fourth-order valence-corrected chi connectivity index (χ4v) is 2.89. The van der Waals surface area contributed by atoms with Crippen molar-refractivity contribution in [3.63, 3.8) is 0 Å². The van der Waals surface area contributed by atoms with E-state index in [1.54, 1.807) is 16.7 Å². The molecule has 0 aliphatic heterocycles. The number of amides is 1. The summed E-state index contributed by atoms with van der Waals surface area (Å²) in [5, 5.41) is 8.73. The minimum absolute atomic E-state index is 0.0358. The van der Waals surface area contributed by atoms with Crippen LogP contribution in [0.25, 0.3) is 0 Å². The van der Waals surface area contributed by atoms with E-state index >= 15 is 0 Å². The lowest BCUT2D eigenvalue weighted by atomic mass is 10.3. The molecule has 1 amide bonds. The number of aliphatic carboxylic acids is 1. The number of thioether (sulfide) groups is 1. The fraction of sp³-hybridized carbons (Fsp3) is 0.467. The summed E-state index contributed by atoms with van der Waals surface area (Å²) in [7, 11) is 0. The summed E-state index contributed by atoms with van der Waals surface area (Å²) in [6, 6.07) is 10.3. The van der Waals surface area contributed by atoms with Gasteiger partial charge >= 0.3 is 5.97 Å². The van der Waals surface area contributed by atoms with Gasteiger partial charge in [0.15, 0.2) is 0 Å². The van der Waals surface area contributed by atoms with E-state index in [1.807, 2.05) is 30.3 Å². The Morgan fingerprint density at radius 3 is 2.50 bits per heavy atom. The number of nitrogens with zero attached hydrogens (tertiary/aromatic N) is 1. The quantitative estimate of drug-likeness (QED) is 0.749. The summed E-state index contributed by atoms with van der Waals surface area (Å²) in [4.78, 5) is 25.7. The standard InChI is InChI=1S/C15H19NO3S/c17-14(9-11-20-13-4-2-1-3-5-13)16(12-6-7-12)10-8-15(18)19/h1-5,12H,6-11H2,(H,18,19). The molecule has 0 atom stereocenters. The van der Waals surface area contributed by atoms with E-state index in [9.17, 15) is 9.59 Å². The fourth-order valence-electron chi connectivity index (χ4n) is 2.03. The zero-order chi connectivity index (χ0) is 14.4. The topological polar surface area (TPSA) is 57.6 Å². The van der Waals surface area contributed by atoms with E-state index in [2.05, 4.69) is 0 Å². The van der Waals surface area contributed by atoms with Crippen LogP contribution in [-0.2, 0) is 9.59 Å². The maximum Gasteiger partial charge on any atom is 0.305 e. The van der Waals surface area contributed by atoms with Crippen LogP contribution >= 0.6 is 11.8 Å². The van der Waals surface area contributed by atoms with Crippen LogP contribution in [0.15, 0.2) is 35.2 Å². The van der Waals surface area contributed by atoms with Crippen molar-refractivity contribution < 1.29 is 14.7 Å². The molecule has 0 spiro atoms. The average Bonchev–Trinajstić information content (AvgIpc) is 3.24. The monoisotopic (exact) mass is 293 g/mol. The molecule has 1 N–H and O–H groups in total. The Kier molecular flexibility index (Phi) is 5.47. The number of carboxylic acids is 1. The molecule has 1 fully saturated rings. The molecular formula is C15H19NO3S. The first kappa shape index (κ1) is 14.9. The van der Waals surface area contributed by atoms with Gasteiger partial charge in [0.05, 0.1) is 6.42 Å². The Labute approximate surface area is 123 Å². The summed E-state index contributed by atoms with van der Waals surface area (Å²) >= 11 is 1.66. The highest BCUT2D eigenvalue weighted by molar-refractivity contribution is 7.99. The molecule has 20 heavy (non-hydrogen) atoms. The summed E-state index contributed by atoms with van der Waals surface area (Å²) < 4.78 is 0. The maximum absolute atomic E-state index is 12.1. The van der Waals surface area contributed by atoms with Crippen LogP contribution in [0.1, 0.15) is 25.7 Å². The summed E-state index contributed by atoms with van der Waals surface area (Å²) in [5.74, 6) is -0.0293. The second-order valence-electron chi connectivity index (χ2n) is 4.87. The molecule has 4 nitrogen and oxygen atoms in total. The molecule has 0 heterocycles. The number of hydrogen-bond acceptors (Lipinski definition) is 3. The van der Waals surface area contributed by atoms with E-state index in [4.69, 9.17) is 5.11 Å². The number of carbonyl (C=O) groups is 2. The summed E-state index contributed by atoms with van der Waals surface area (Å²) in [6.45, 7) is 0.342. The second-order valence-corrected chi connectivity index (χ2v) is 6.04. The van der Waals surface area contributed by atoms with Crippen LogP contribution in [0.5, 0.6) is 0 Å². The van der Waals surface area contributed by atoms with Crippen molar-refractivity contribution in [3.05, 3.63) is 30.3 Å². The summed E-state index contributed by atoms with van der Waals surface area (Å²) in [6.07, 6.45) is 2.53. The first-order chi connectivity index (χ1) is 9.66. The molecule has 0 saturated heterocycles. The van der Waals surface area contributed by atoms with Crippen LogP contribution in [-0.4, -0.2) is 40.2 Å². The van der Waals surface area contributed by atoms with Crippen LogP contribution < -0.4 is 0 Å². The number of carboxylic acid groups (broad SMARTS) is 1. The van der Waals surface area contributed by atoms with E-state index in [1.165, 1.54) is 0 Å². The molecule has 1 aromatic carbocycles. The number of hydrogen-bond donors (Lipinski definition) is 1. The van der Waals surface area contributed by atoms with Crippen LogP contribution in [0, 0.1) is 0 Å². The zero-order valence-electron chi connectivity index (χ0n) is 11.3. The first-order valence-electron chi connectivity index (χ1n) is 6.86. The lowest BCUT2D eigenvalue weighted by Crippen LogP contribution is -2.35. The largest absolute Gasteiger partial charge is 0.481 e. The van der Waals surface area contributed by atoms with Gasteiger partial charge in [-0.05, 0) is 25.0 Å². The summed E-state index contributed by atoms with van der Waals surface area (Å²) in [5.41, 5.74) is 0. The van der Waals surface area contributed by atoms with Crippen LogP contribution in [0.4, 0.5) is 0 Å². The molecule has 5 heteroatoms. The highest BCUT2D eigenvalue weighted by Crippen LogP contribution is 2.28. The van der Waals surface area contributed by atoms with Gasteiger partial charge < -0.3 is 10.0 Å². The van der Waals surface area contributed by atoms with Gasteiger partial charge in [-0.2, -0.15) is 0 Å². The van der Waals surface area contributed by atoms with Gasteiger partial charge in [0.1, 0.15) is 0 Å². The van der Waals surface area contributed by atoms with Gasteiger partial charge in [-0.25, -0.2) is 0 Å². The number of carbonyl (C=O) groups excluding carboxylic acids is 1. The van der Waals surface area contributed by atoms with Gasteiger partial charge in [-0.15, -0.1) is 11.8 Å². The molecule has 1 aliphatic rings. The van der Waals surface area contributed by atoms with Crippen molar-refractivity contribution in [2.24, 2.45) is 0 Å². The van der Waals surface area contributed by atoms with Gasteiger partial charge in [0, 0.05) is 29.7 Å². The third-order valence-corrected chi connectivity index (χ3v) is 4.22. The van der Waals surface area contributed by atoms with Crippen LogP contribution in [0.2, 0.25) is 0 Å². The van der Waals surface area contributed by atoms with Gasteiger partial charge in [0.25, 0.3) is 0 Å². The van der Waals surface area contributed by atoms with Gasteiger partial charge in [0.2, 0.25) is 5.91 Å². The Bertz CT molecular complexity index is 459. The number of rotatable bonds is 8. The minimum atomic E-state index is -0.845. The Balaban J connectivity index is 1.75. The van der Waals surface area contributed by atoms with E-state index < -0.39 is 5.97 Å². The SMILES string of the molecule is O=C(O)CCN(C(=O)CCSc1ccccc1)C1CC1. The highest BCUT2D eigenvalue weighted by atomic mass is 32.2. The second kappa shape index (κ2) is 7.33. The molecule has 0 radical (unpaired) electrons. The average molecular weight is 293 g/mol. The normalized spacial score (nSPS) is 14.0. The van der Waals surface area contributed by atoms with E-state index in [0.717, 1.165) is 23.5 Å². The number of benzene rings is 1. The van der Waals surface area contributed by atoms with Crippen molar-refractivity contribution in [2.75, 3.05) is 12.3 Å². The third kappa shape index (κ3) is 4.89.